The van der Waals surface area contributed by atoms with E-state index in [0.29, 0.717) is 6.61 Å². The molecule has 0 N–H and O–H groups in total. The number of fused-ring (bicyclic) bond motifs is 1. The van der Waals surface area contributed by atoms with Crippen LogP contribution in [0.3, 0.4) is 0 Å². The highest BCUT2D eigenvalue weighted by Crippen LogP contribution is 2.46. The van der Waals surface area contributed by atoms with Crippen molar-refractivity contribution >= 4 is 0 Å². The summed E-state index contributed by atoms with van der Waals surface area (Å²) in [6, 6.07) is 1.93. The van der Waals surface area contributed by atoms with Crippen molar-refractivity contribution < 1.29 is 23.4 Å². The van der Waals surface area contributed by atoms with E-state index >= 15 is 0 Å². The molecule has 0 bridgehead atoms. The van der Waals surface area contributed by atoms with E-state index < -0.39 is 5.79 Å². The van der Waals surface area contributed by atoms with Crippen LogP contribution in [-0.4, -0.2) is 30.4 Å². The highest BCUT2D eigenvalue weighted by atomic mass is 16.8. The van der Waals surface area contributed by atoms with Gasteiger partial charge in [-0.05, 0) is 25.3 Å². The van der Waals surface area contributed by atoms with Gasteiger partial charge in [0.25, 0.3) is 0 Å². The van der Waals surface area contributed by atoms with Crippen LogP contribution in [0.15, 0.2) is 23.0 Å². The molecular weight excluding hydrogens is 308 g/mol. The van der Waals surface area contributed by atoms with Crippen LogP contribution in [0.1, 0.15) is 63.9 Å². The standard InChI is InChI=1S/C19H28O5/c1-2-3-7-15-16(21-13-14-8-11-20-12-14)17-18(22-15)24-19(23-17)9-5-4-6-10-19/h8,11-12,15-18H,2-7,9-10,13H2,1H3/t15-,16+,17-,18-/m1/s1. The number of ether oxygens (including phenoxy) is 4. The lowest BCUT2D eigenvalue weighted by atomic mass is 9.94. The predicted molar refractivity (Wildman–Crippen MR) is 87.2 cm³/mol. The summed E-state index contributed by atoms with van der Waals surface area (Å²) < 4.78 is 30.2. The fourth-order valence-electron chi connectivity index (χ4n) is 4.13. The van der Waals surface area contributed by atoms with Crippen LogP contribution in [-0.2, 0) is 25.6 Å². The van der Waals surface area contributed by atoms with Crippen molar-refractivity contribution in [2.24, 2.45) is 0 Å². The molecule has 1 spiro atoms. The minimum atomic E-state index is -0.430. The van der Waals surface area contributed by atoms with Crippen LogP contribution in [0.4, 0.5) is 0 Å². The first-order valence-electron chi connectivity index (χ1n) is 9.43. The molecule has 2 aliphatic heterocycles. The fraction of sp³-hybridized carbons (Fsp3) is 0.789. The zero-order chi connectivity index (χ0) is 16.4. The van der Waals surface area contributed by atoms with Gasteiger partial charge >= 0.3 is 0 Å². The minimum absolute atomic E-state index is 0.0489. The maximum Gasteiger partial charge on any atom is 0.190 e. The first-order valence-corrected chi connectivity index (χ1v) is 9.43. The van der Waals surface area contributed by atoms with Gasteiger partial charge < -0.3 is 23.4 Å². The summed E-state index contributed by atoms with van der Waals surface area (Å²) >= 11 is 0. The van der Waals surface area contributed by atoms with Gasteiger partial charge in [-0.15, -0.1) is 0 Å². The zero-order valence-electron chi connectivity index (χ0n) is 14.4. The molecule has 4 atom stereocenters. The molecule has 0 amide bonds. The van der Waals surface area contributed by atoms with Gasteiger partial charge in [0.05, 0.1) is 25.2 Å². The van der Waals surface area contributed by atoms with Gasteiger partial charge in [-0.25, -0.2) is 0 Å². The average Bonchev–Trinajstić information content (AvgIpc) is 3.28. The summed E-state index contributed by atoms with van der Waals surface area (Å²) in [7, 11) is 0. The lowest BCUT2D eigenvalue weighted by Gasteiger charge is -2.34. The first-order chi connectivity index (χ1) is 11.8. The molecule has 4 rings (SSSR count). The van der Waals surface area contributed by atoms with E-state index in [9.17, 15) is 0 Å². The number of furan rings is 1. The molecule has 0 radical (unpaired) electrons. The van der Waals surface area contributed by atoms with Crippen molar-refractivity contribution in [3.8, 4) is 0 Å². The third kappa shape index (κ3) is 3.27. The molecule has 5 nitrogen and oxygen atoms in total. The molecule has 1 aliphatic carbocycles. The van der Waals surface area contributed by atoms with Gasteiger partial charge in [-0.3, -0.25) is 0 Å². The summed E-state index contributed by atoms with van der Waals surface area (Å²) in [5.41, 5.74) is 1.04. The molecule has 1 saturated carbocycles. The number of hydrogen-bond acceptors (Lipinski definition) is 5. The molecular formula is C19H28O5. The van der Waals surface area contributed by atoms with Crippen molar-refractivity contribution in [3.63, 3.8) is 0 Å². The topological polar surface area (TPSA) is 50.1 Å². The second kappa shape index (κ2) is 7.16. The van der Waals surface area contributed by atoms with Gasteiger partial charge in [0.2, 0.25) is 0 Å². The Balaban J connectivity index is 1.44. The smallest absolute Gasteiger partial charge is 0.190 e. The molecule has 1 aromatic rings. The molecule has 3 fully saturated rings. The number of unbranched alkanes of at least 4 members (excludes halogenated alkanes) is 1. The van der Waals surface area contributed by atoms with Crippen molar-refractivity contribution in [3.05, 3.63) is 24.2 Å². The summed E-state index contributed by atoms with van der Waals surface area (Å²) in [5.74, 6) is -0.430. The van der Waals surface area contributed by atoms with Gasteiger partial charge in [0, 0.05) is 18.4 Å². The highest BCUT2D eigenvalue weighted by molar-refractivity contribution is 5.04. The van der Waals surface area contributed by atoms with Crippen LogP contribution in [0.5, 0.6) is 0 Å². The van der Waals surface area contributed by atoms with E-state index in [2.05, 4.69) is 6.92 Å². The molecule has 1 aromatic heterocycles. The Kier molecular flexibility index (Phi) is 4.95. The van der Waals surface area contributed by atoms with Crippen LogP contribution in [0, 0.1) is 0 Å². The lowest BCUT2D eigenvalue weighted by Crippen LogP contribution is -2.40. The second-order valence-corrected chi connectivity index (χ2v) is 7.26. The number of hydrogen-bond donors (Lipinski definition) is 0. The normalized spacial score (nSPS) is 34.7. The van der Waals surface area contributed by atoms with Gasteiger partial charge in [-0.1, -0.05) is 26.2 Å². The molecule has 5 heteroatoms. The Hall–Kier alpha value is -0.880. The highest BCUT2D eigenvalue weighted by Gasteiger charge is 2.58. The quantitative estimate of drug-likeness (QED) is 0.781. The predicted octanol–water partition coefficient (Wildman–Crippen LogP) is 4.16. The Bertz CT molecular complexity index is 508. The van der Waals surface area contributed by atoms with Crippen molar-refractivity contribution in [2.75, 3.05) is 0 Å². The number of rotatable bonds is 6. The van der Waals surface area contributed by atoms with E-state index in [0.717, 1.165) is 37.7 Å². The molecule has 24 heavy (non-hydrogen) atoms. The largest absolute Gasteiger partial charge is 0.472 e. The summed E-state index contributed by atoms with van der Waals surface area (Å²) in [4.78, 5) is 0. The first kappa shape index (κ1) is 16.6. The molecule has 134 valence electrons. The monoisotopic (exact) mass is 336 g/mol. The molecule has 3 heterocycles. The van der Waals surface area contributed by atoms with Crippen LogP contribution >= 0.6 is 0 Å². The van der Waals surface area contributed by atoms with Gasteiger partial charge in [-0.2, -0.15) is 0 Å². The van der Waals surface area contributed by atoms with E-state index in [1.54, 1.807) is 12.5 Å². The van der Waals surface area contributed by atoms with E-state index in [1.807, 2.05) is 6.07 Å². The Morgan fingerprint density at radius 3 is 2.83 bits per heavy atom. The minimum Gasteiger partial charge on any atom is -0.472 e. The lowest BCUT2D eigenvalue weighted by molar-refractivity contribution is -0.249. The molecule has 3 aliphatic rings. The van der Waals surface area contributed by atoms with Crippen LogP contribution < -0.4 is 0 Å². The third-order valence-corrected chi connectivity index (χ3v) is 5.43. The average molecular weight is 336 g/mol. The SMILES string of the molecule is CCCC[C@H]1O[C@@H]2OC3(CCCCC3)O[C@@H]2[C@H]1OCc1ccoc1. The summed E-state index contributed by atoms with van der Waals surface area (Å²) in [6.45, 7) is 2.72. The molecule has 0 unspecified atom stereocenters. The van der Waals surface area contributed by atoms with Crippen LogP contribution in [0.2, 0.25) is 0 Å². The molecule has 0 aromatic carbocycles. The maximum absolute atomic E-state index is 6.41. The third-order valence-electron chi connectivity index (χ3n) is 5.43. The van der Waals surface area contributed by atoms with Crippen molar-refractivity contribution in [2.45, 2.75) is 95.3 Å². The van der Waals surface area contributed by atoms with E-state index in [4.69, 9.17) is 23.4 Å². The van der Waals surface area contributed by atoms with E-state index in [-0.39, 0.29) is 24.6 Å². The maximum atomic E-state index is 6.41. The van der Waals surface area contributed by atoms with E-state index in [1.165, 1.54) is 19.3 Å². The Labute approximate surface area is 143 Å². The zero-order valence-corrected chi connectivity index (χ0v) is 14.4. The summed E-state index contributed by atoms with van der Waals surface area (Å²) in [5, 5.41) is 0. The second-order valence-electron chi connectivity index (χ2n) is 7.26. The van der Waals surface area contributed by atoms with Crippen LogP contribution in [0.25, 0.3) is 0 Å². The van der Waals surface area contributed by atoms with Crippen molar-refractivity contribution in [1.29, 1.82) is 0 Å². The Morgan fingerprint density at radius 1 is 1.21 bits per heavy atom. The van der Waals surface area contributed by atoms with Gasteiger partial charge in [0.15, 0.2) is 12.1 Å². The fourth-order valence-corrected chi connectivity index (χ4v) is 4.13. The summed E-state index contributed by atoms with van der Waals surface area (Å²) in [6.07, 6.45) is 11.8. The molecule has 2 saturated heterocycles. The van der Waals surface area contributed by atoms with Crippen molar-refractivity contribution in [1.82, 2.24) is 0 Å². The Morgan fingerprint density at radius 2 is 2.08 bits per heavy atom. The van der Waals surface area contributed by atoms with Gasteiger partial charge in [0.1, 0.15) is 12.2 Å².